The molecule has 0 aliphatic carbocycles. The van der Waals surface area contributed by atoms with Crippen molar-refractivity contribution in [1.29, 1.82) is 0 Å². The molecule has 5 nitrogen and oxygen atoms in total. The Bertz CT molecular complexity index is 1050. The van der Waals surface area contributed by atoms with Crippen LogP contribution < -0.4 is 4.90 Å². The lowest BCUT2D eigenvalue weighted by molar-refractivity contribution is -0.140. The van der Waals surface area contributed by atoms with Gasteiger partial charge in [-0.15, -0.1) is 0 Å². The molecule has 4 rings (SSSR count). The van der Waals surface area contributed by atoms with Gasteiger partial charge in [0, 0.05) is 16.8 Å². The van der Waals surface area contributed by atoms with Crippen molar-refractivity contribution in [3.8, 4) is 0 Å². The Morgan fingerprint density at radius 2 is 1.38 bits per heavy atom. The van der Waals surface area contributed by atoms with Crippen LogP contribution in [0.3, 0.4) is 0 Å². The number of carbonyl (C=O) groups is 2. The smallest absolute Gasteiger partial charge is 0.326 e. The van der Waals surface area contributed by atoms with Crippen molar-refractivity contribution < 1.29 is 18.7 Å². The minimum absolute atomic E-state index is 0.0125. The van der Waals surface area contributed by atoms with Crippen LogP contribution in [0, 0.1) is 0 Å². The van der Waals surface area contributed by atoms with Gasteiger partial charge in [0.15, 0.2) is 12.4 Å². The summed E-state index contributed by atoms with van der Waals surface area (Å²) in [5.74, 6) is -0.690. The lowest BCUT2D eigenvalue weighted by Crippen LogP contribution is -2.28. The highest BCUT2D eigenvalue weighted by molar-refractivity contribution is 5.99. The largest absolute Gasteiger partial charge is 0.456 e. The van der Waals surface area contributed by atoms with Crippen LogP contribution in [0.2, 0.25) is 0 Å². The van der Waals surface area contributed by atoms with Gasteiger partial charge in [-0.05, 0) is 36.4 Å². The maximum Gasteiger partial charge on any atom is 0.326 e. The van der Waals surface area contributed by atoms with E-state index in [1.54, 1.807) is 12.1 Å². The Kier molecular flexibility index (Phi) is 5.38. The average Bonchev–Trinajstić information content (AvgIpc) is 3.21. The molecule has 1 aromatic heterocycles. The molecule has 0 radical (unpaired) electrons. The standard InChI is InChI=1S/C24H19NO4/c26-21(23-15-18-9-7-8-14-22(18)29-23)17-28-24(27)16-25(19-10-3-1-4-11-19)20-12-5-2-6-13-20/h1-15H,16-17H2. The molecule has 1 heterocycles. The van der Waals surface area contributed by atoms with E-state index in [1.807, 2.05) is 83.8 Å². The summed E-state index contributed by atoms with van der Waals surface area (Å²) in [6.45, 7) is -0.377. The average molecular weight is 385 g/mol. The molecule has 0 aliphatic heterocycles. The Morgan fingerprint density at radius 1 is 0.793 bits per heavy atom. The Hall–Kier alpha value is -3.86. The molecule has 0 N–H and O–H groups in total. The second kappa shape index (κ2) is 8.44. The predicted molar refractivity (Wildman–Crippen MR) is 111 cm³/mol. The van der Waals surface area contributed by atoms with Crippen molar-refractivity contribution >= 4 is 34.1 Å². The molecule has 4 aromatic rings. The second-order valence-electron chi connectivity index (χ2n) is 6.49. The molecule has 3 aromatic carbocycles. The summed E-state index contributed by atoms with van der Waals surface area (Å²) in [5, 5.41) is 0.835. The lowest BCUT2D eigenvalue weighted by atomic mass is 10.2. The van der Waals surface area contributed by atoms with Crippen molar-refractivity contribution in [2.24, 2.45) is 0 Å². The number of rotatable bonds is 7. The van der Waals surface area contributed by atoms with E-state index in [2.05, 4.69) is 0 Å². The number of carbonyl (C=O) groups excluding carboxylic acids is 2. The van der Waals surface area contributed by atoms with Crippen LogP contribution in [0.15, 0.2) is 95.4 Å². The van der Waals surface area contributed by atoms with E-state index >= 15 is 0 Å². The number of anilines is 2. The zero-order valence-electron chi connectivity index (χ0n) is 15.7. The first-order valence-electron chi connectivity index (χ1n) is 9.26. The fourth-order valence-corrected chi connectivity index (χ4v) is 3.06. The molecule has 0 saturated heterocycles. The quantitative estimate of drug-likeness (QED) is 0.331. The van der Waals surface area contributed by atoms with Crippen LogP contribution in [0.1, 0.15) is 10.6 Å². The second-order valence-corrected chi connectivity index (χ2v) is 6.49. The molecule has 0 unspecified atom stereocenters. The van der Waals surface area contributed by atoms with Crippen LogP contribution in [-0.2, 0) is 9.53 Å². The van der Waals surface area contributed by atoms with E-state index in [0.717, 1.165) is 16.8 Å². The van der Waals surface area contributed by atoms with E-state index in [1.165, 1.54) is 0 Å². The maximum atomic E-state index is 12.5. The van der Waals surface area contributed by atoms with Gasteiger partial charge in [0.05, 0.1) is 0 Å². The summed E-state index contributed by atoms with van der Waals surface area (Å²) in [7, 11) is 0. The number of hydrogen-bond donors (Lipinski definition) is 0. The summed E-state index contributed by atoms with van der Waals surface area (Å²) in [6, 6.07) is 28.1. The third kappa shape index (κ3) is 4.35. The highest BCUT2D eigenvalue weighted by Crippen LogP contribution is 2.24. The van der Waals surface area contributed by atoms with Crippen LogP contribution in [0.5, 0.6) is 0 Å². The van der Waals surface area contributed by atoms with E-state index in [0.29, 0.717) is 5.58 Å². The van der Waals surface area contributed by atoms with Crippen molar-refractivity contribution in [2.75, 3.05) is 18.1 Å². The number of para-hydroxylation sites is 3. The molecular weight excluding hydrogens is 366 g/mol. The van der Waals surface area contributed by atoms with E-state index in [-0.39, 0.29) is 24.7 Å². The molecule has 5 heteroatoms. The number of nitrogens with zero attached hydrogens (tertiary/aromatic N) is 1. The minimum Gasteiger partial charge on any atom is -0.456 e. The van der Waals surface area contributed by atoms with Crippen molar-refractivity contribution in [2.45, 2.75) is 0 Å². The molecule has 0 atom stereocenters. The third-order valence-electron chi connectivity index (χ3n) is 4.49. The predicted octanol–water partition coefficient (Wildman–Crippen LogP) is 5.00. The number of esters is 1. The fraction of sp³-hybridized carbons (Fsp3) is 0.0833. The first-order chi connectivity index (χ1) is 14.2. The summed E-state index contributed by atoms with van der Waals surface area (Å²) in [4.78, 5) is 26.7. The minimum atomic E-state index is -0.498. The SMILES string of the molecule is O=C(CN(c1ccccc1)c1ccccc1)OCC(=O)c1cc2ccccc2o1. The monoisotopic (exact) mass is 385 g/mol. The maximum absolute atomic E-state index is 12.5. The van der Waals surface area contributed by atoms with E-state index in [4.69, 9.17) is 9.15 Å². The number of fused-ring (bicyclic) bond motifs is 1. The Labute approximate surface area is 168 Å². The zero-order chi connectivity index (χ0) is 20.1. The van der Waals surface area contributed by atoms with Gasteiger partial charge in [-0.25, -0.2) is 0 Å². The molecule has 0 spiro atoms. The van der Waals surface area contributed by atoms with Crippen molar-refractivity contribution in [3.05, 3.63) is 96.8 Å². The number of Topliss-reactive ketones (excluding diaryl/α,β-unsaturated/α-hetero) is 1. The summed E-state index contributed by atoms with van der Waals surface area (Å²) in [6.07, 6.45) is 0. The summed E-state index contributed by atoms with van der Waals surface area (Å²) >= 11 is 0. The highest BCUT2D eigenvalue weighted by atomic mass is 16.5. The highest BCUT2D eigenvalue weighted by Gasteiger charge is 2.18. The van der Waals surface area contributed by atoms with Gasteiger partial charge in [0.1, 0.15) is 12.1 Å². The third-order valence-corrected chi connectivity index (χ3v) is 4.49. The molecule has 0 amide bonds. The number of ketones is 1. The van der Waals surface area contributed by atoms with E-state index < -0.39 is 5.97 Å². The summed E-state index contributed by atoms with van der Waals surface area (Å²) in [5.41, 5.74) is 2.35. The number of hydrogen-bond acceptors (Lipinski definition) is 5. The van der Waals surface area contributed by atoms with Gasteiger partial charge in [-0.3, -0.25) is 9.59 Å². The normalized spacial score (nSPS) is 10.6. The van der Waals surface area contributed by atoms with Gasteiger partial charge in [-0.1, -0.05) is 54.6 Å². The molecular formula is C24H19NO4. The molecule has 0 fully saturated rings. The van der Waals surface area contributed by atoms with Gasteiger partial charge in [0.25, 0.3) is 0 Å². The van der Waals surface area contributed by atoms with Gasteiger partial charge in [-0.2, -0.15) is 0 Å². The van der Waals surface area contributed by atoms with Crippen LogP contribution >= 0.6 is 0 Å². The van der Waals surface area contributed by atoms with Gasteiger partial charge in [0.2, 0.25) is 5.78 Å². The number of benzene rings is 3. The van der Waals surface area contributed by atoms with Gasteiger partial charge < -0.3 is 14.1 Å². The van der Waals surface area contributed by atoms with Crippen LogP contribution in [0.25, 0.3) is 11.0 Å². The molecule has 0 saturated carbocycles. The van der Waals surface area contributed by atoms with E-state index in [9.17, 15) is 9.59 Å². The lowest BCUT2D eigenvalue weighted by Gasteiger charge is -2.23. The molecule has 144 valence electrons. The topological polar surface area (TPSA) is 59.8 Å². The van der Waals surface area contributed by atoms with Gasteiger partial charge >= 0.3 is 5.97 Å². The first-order valence-corrected chi connectivity index (χ1v) is 9.26. The molecule has 29 heavy (non-hydrogen) atoms. The fourth-order valence-electron chi connectivity index (χ4n) is 3.06. The van der Waals surface area contributed by atoms with Crippen LogP contribution in [-0.4, -0.2) is 24.9 Å². The van der Waals surface area contributed by atoms with Crippen LogP contribution in [0.4, 0.5) is 11.4 Å². The van der Waals surface area contributed by atoms with Crippen molar-refractivity contribution in [1.82, 2.24) is 0 Å². The molecule has 0 aliphatic rings. The number of ether oxygens (including phenoxy) is 1. The first kappa shape index (κ1) is 18.5. The van der Waals surface area contributed by atoms with Crippen molar-refractivity contribution in [3.63, 3.8) is 0 Å². The Morgan fingerprint density at radius 3 is 2.00 bits per heavy atom. The Balaban J connectivity index is 1.43. The number of furan rings is 1. The molecule has 0 bridgehead atoms. The zero-order valence-corrected chi connectivity index (χ0v) is 15.7. The summed E-state index contributed by atoms with van der Waals surface area (Å²) < 4.78 is 10.8.